The molecule has 0 saturated carbocycles. The third kappa shape index (κ3) is 3.59. The molecular weight excluding hydrogens is 276 g/mol. The molecule has 0 radical (unpaired) electrons. The molecule has 2 rings (SSSR count). The van der Waals surface area contributed by atoms with Crippen molar-refractivity contribution in [2.45, 2.75) is 4.90 Å². The predicted octanol–water partition coefficient (Wildman–Crippen LogP) is 2.52. The topological polar surface area (TPSA) is 78.4 Å². The molecule has 0 aromatic heterocycles. The van der Waals surface area contributed by atoms with Gasteiger partial charge in [0, 0.05) is 0 Å². The van der Waals surface area contributed by atoms with Crippen LogP contribution in [0.15, 0.2) is 66.1 Å². The van der Waals surface area contributed by atoms with Crippen LogP contribution >= 0.6 is 0 Å². The highest BCUT2D eigenvalue weighted by atomic mass is 32.2. The maximum atomic E-state index is 10.9. The Morgan fingerprint density at radius 1 is 1.00 bits per heavy atom. The summed E-state index contributed by atoms with van der Waals surface area (Å²) in [6.07, 6.45) is 0. The quantitative estimate of drug-likeness (QED) is 0.582. The van der Waals surface area contributed by atoms with Gasteiger partial charge >= 0.3 is 0 Å². The van der Waals surface area contributed by atoms with Gasteiger partial charge in [-0.05, 0) is 29.8 Å². The molecule has 20 heavy (non-hydrogen) atoms. The zero-order valence-electron chi connectivity index (χ0n) is 10.6. The summed E-state index contributed by atoms with van der Waals surface area (Å²) in [4.78, 5) is -0.148. The van der Waals surface area contributed by atoms with E-state index in [2.05, 4.69) is 17.4 Å². The molecule has 2 aromatic carbocycles. The smallest absolute Gasteiger partial charge is 0.294 e. The Morgan fingerprint density at radius 3 is 2.15 bits per heavy atom. The van der Waals surface area contributed by atoms with Crippen LogP contribution in [0.25, 0.3) is 5.70 Å². The van der Waals surface area contributed by atoms with Gasteiger partial charge in [-0.3, -0.25) is 4.55 Å². The van der Waals surface area contributed by atoms with Crippen LogP contribution in [-0.4, -0.2) is 13.0 Å². The SMILES string of the molecule is C=C(NNc1ccc(S(=O)(=O)O)cc1)c1ccccc1. The minimum absolute atomic E-state index is 0.148. The van der Waals surface area contributed by atoms with Crippen LogP contribution in [0.3, 0.4) is 0 Å². The molecule has 0 aliphatic carbocycles. The molecule has 0 heterocycles. The van der Waals surface area contributed by atoms with E-state index in [0.717, 1.165) is 5.56 Å². The summed E-state index contributed by atoms with van der Waals surface area (Å²) in [5.41, 5.74) is 8.08. The van der Waals surface area contributed by atoms with Gasteiger partial charge in [0.05, 0.1) is 16.3 Å². The van der Waals surface area contributed by atoms with Gasteiger partial charge in [0.1, 0.15) is 0 Å². The number of anilines is 1. The summed E-state index contributed by atoms with van der Waals surface area (Å²) in [7, 11) is -4.16. The van der Waals surface area contributed by atoms with Gasteiger partial charge in [0.2, 0.25) is 0 Å². The highest BCUT2D eigenvalue weighted by molar-refractivity contribution is 7.85. The van der Waals surface area contributed by atoms with Crippen molar-refractivity contribution in [3.63, 3.8) is 0 Å². The van der Waals surface area contributed by atoms with Crippen molar-refractivity contribution in [2.75, 3.05) is 5.43 Å². The van der Waals surface area contributed by atoms with Crippen LogP contribution < -0.4 is 10.9 Å². The number of nitrogens with one attached hydrogen (secondary N) is 2. The molecule has 5 nitrogen and oxygen atoms in total. The van der Waals surface area contributed by atoms with Crippen LogP contribution in [0.5, 0.6) is 0 Å². The largest absolute Gasteiger partial charge is 0.301 e. The first-order valence-corrected chi connectivity index (χ1v) is 7.25. The van der Waals surface area contributed by atoms with Gasteiger partial charge in [0.15, 0.2) is 0 Å². The van der Waals surface area contributed by atoms with E-state index in [0.29, 0.717) is 11.4 Å². The van der Waals surface area contributed by atoms with Gasteiger partial charge in [-0.1, -0.05) is 36.9 Å². The Balaban J connectivity index is 2.00. The molecule has 0 bridgehead atoms. The van der Waals surface area contributed by atoms with E-state index < -0.39 is 10.1 Å². The highest BCUT2D eigenvalue weighted by Crippen LogP contribution is 2.14. The second kappa shape index (κ2) is 5.77. The van der Waals surface area contributed by atoms with Gasteiger partial charge < -0.3 is 10.9 Å². The second-order valence-electron chi connectivity index (χ2n) is 4.09. The van der Waals surface area contributed by atoms with E-state index in [1.54, 1.807) is 0 Å². The molecule has 0 aliphatic heterocycles. The maximum absolute atomic E-state index is 10.9. The standard InChI is InChI=1S/C14H14N2O3S/c1-11(12-5-3-2-4-6-12)15-16-13-7-9-14(10-8-13)20(17,18)19/h2-10,15-16H,1H2,(H,17,18,19). The van der Waals surface area contributed by atoms with Crippen molar-refractivity contribution >= 4 is 21.5 Å². The first-order valence-electron chi connectivity index (χ1n) is 5.81. The summed E-state index contributed by atoms with van der Waals surface area (Å²) in [6.45, 7) is 3.89. The fourth-order valence-electron chi connectivity index (χ4n) is 1.57. The number of hydrogen-bond donors (Lipinski definition) is 3. The van der Waals surface area contributed by atoms with Crippen LogP contribution in [0.4, 0.5) is 5.69 Å². The van der Waals surface area contributed by atoms with Gasteiger partial charge in [-0.2, -0.15) is 8.42 Å². The number of hydrogen-bond acceptors (Lipinski definition) is 4. The predicted molar refractivity (Wildman–Crippen MR) is 78.5 cm³/mol. The van der Waals surface area contributed by atoms with Gasteiger partial charge in [-0.25, -0.2) is 0 Å². The molecule has 0 spiro atoms. The van der Waals surface area contributed by atoms with Crippen molar-refractivity contribution in [2.24, 2.45) is 0 Å². The molecule has 0 atom stereocenters. The Labute approximate surface area is 117 Å². The van der Waals surface area contributed by atoms with Crippen LogP contribution in [0, 0.1) is 0 Å². The van der Waals surface area contributed by atoms with Gasteiger partial charge in [0.25, 0.3) is 10.1 Å². The Kier molecular flexibility index (Phi) is 4.07. The normalized spacial score (nSPS) is 10.8. The van der Waals surface area contributed by atoms with E-state index in [4.69, 9.17) is 4.55 Å². The van der Waals surface area contributed by atoms with Crippen molar-refractivity contribution < 1.29 is 13.0 Å². The minimum atomic E-state index is -4.16. The summed E-state index contributed by atoms with van der Waals surface area (Å²) in [5.74, 6) is 0. The molecular formula is C14H14N2O3S. The van der Waals surface area contributed by atoms with Crippen molar-refractivity contribution in [1.82, 2.24) is 5.43 Å². The third-order valence-corrected chi connectivity index (χ3v) is 3.50. The number of rotatable bonds is 5. The lowest BCUT2D eigenvalue weighted by Crippen LogP contribution is -2.19. The Morgan fingerprint density at radius 2 is 1.60 bits per heavy atom. The maximum Gasteiger partial charge on any atom is 0.294 e. The first-order chi connectivity index (χ1) is 9.47. The Bertz CT molecular complexity index is 695. The Hall–Kier alpha value is -2.31. The molecule has 0 unspecified atom stereocenters. The van der Waals surface area contributed by atoms with Gasteiger partial charge in [-0.15, -0.1) is 0 Å². The van der Waals surface area contributed by atoms with Crippen molar-refractivity contribution in [3.8, 4) is 0 Å². The van der Waals surface area contributed by atoms with E-state index >= 15 is 0 Å². The lowest BCUT2D eigenvalue weighted by molar-refractivity contribution is 0.483. The average molecular weight is 290 g/mol. The molecule has 6 heteroatoms. The summed E-state index contributed by atoms with van der Waals surface area (Å²) in [6, 6.07) is 15.2. The zero-order valence-corrected chi connectivity index (χ0v) is 11.4. The van der Waals surface area contributed by atoms with Crippen molar-refractivity contribution in [3.05, 3.63) is 66.7 Å². The fourth-order valence-corrected chi connectivity index (χ4v) is 2.05. The summed E-state index contributed by atoms with van der Waals surface area (Å²) >= 11 is 0. The van der Waals surface area contributed by atoms with E-state index in [9.17, 15) is 8.42 Å². The molecule has 0 fully saturated rings. The monoisotopic (exact) mass is 290 g/mol. The number of hydrazine groups is 1. The minimum Gasteiger partial charge on any atom is -0.301 e. The summed E-state index contributed by atoms with van der Waals surface area (Å²) in [5, 5.41) is 0. The molecule has 0 amide bonds. The molecule has 3 N–H and O–H groups in total. The molecule has 0 aliphatic rings. The van der Waals surface area contributed by atoms with Crippen LogP contribution in [-0.2, 0) is 10.1 Å². The first kappa shape index (κ1) is 14.1. The lowest BCUT2D eigenvalue weighted by atomic mass is 10.2. The van der Waals surface area contributed by atoms with Crippen LogP contribution in [0.2, 0.25) is 0 Å². The second-order valence-corrected chi connectivity index (χ2v) is 5.52. The van der Waals surface area contributed by atoms with Crippen molar-refractivity contribution in [1.29, 1.82) is 0 Å². The molecule has 104 valence electrons. The van der Waals surface area contributed by atoms with E-state index in [-0.39, 0.29) is 4.90 Å². The average Bonchev–Trinajstić information content (AvgIpc) is 2.45. The van der Waals surface area contributed by atoms with Crippen LogP contribution in [0.1, 0.15) is 5.56 Å². The highest BCUT2D eigenvalue weighted by Gasteiger charge is 2.08. The zero-order chi connectivity index (χ0) is 14.6. The molecule has 2 aromatic rings. The van der Waals surface area contributed by atoms with E-state index in [1.165, 1.54) is 24.3 Å². The number of benzene rings is 2. The van der Waals surface area contributed by atoms with E-state index in [1.807, 2.05) is 30.3 Å². The molecule has 0 saturated heterocycles. The lowest BCUT2D eigenvalue weighted by Gasteiger charge is -2.12. The summed E-state index contributed by atoms with van der Waals surface area (Å²) < 4.78 is 30.7. The third-order valence-electron chi connectivity index (χ3n) is 2.63. The fraction of sp³-hybridized carbons (Fsp3) is 0.